The van der Waals surface area contributed by atoms with E-state index in [2.05, 4.69) is 27.7 Å². The number of carbonyl (C=O) groups excluding carboxylic acids is 1. The van der Waals surface area contributed by atoms with Gasteiger partial charge in [0.05, 0.1) is 5.56 Å². The van der Waals surface area contributed by atoms with Crippen LogP contribution in [0.1, 0.15) is 40.9 Å². The lowest BCUT2D eigenvalue weighted by Crippen LogP contribution is -2.33. The molecule has 0 N–H and O–H groups in total. The van der Waals surface area contributed by atoms with Gasteiger partial charge in [0.15, 0.2) is 0 Å². The lowest BCUT2D eigenvalue weighted by atomic mass is 10.1. The van der Waals surface area contributed by atoms with Crippen LogP contribution in [0.5, 0.6) is 0 Å². The minimum absolute atomic E-state index is 0.000314. The Morgan fingerprint density at radius 2 is 2.13 bits per heavy atom. The van der Waals surface area contributed by atoms with Gasteiger partial charge in [-0.3, -0.25) is 9.48 Å². The highest BCUT2D eigenvalue weighted by molar-refractivity contribution is 14.1. The molecule has 23 heavy (non-hydrogen) atoms. The van der Waals surface area contributed by atoms with Crippen molar-refractivity contribution in [1.29, 1.82) is 0 Å². The molecule has 0 saturated heterocycles. The number of halogens is 3. The van der Waals surface area contributed by atoms with Crippen LogP contribution in [0, 0.1) is 3.57 Å². The van der Waals surface area contributed by atoms with E-state index in [0.717, 1.165) is 22.0 Å². The Hall–Kier alpha value is -1.51. The van der Waals surface area contributed by atoms with Crippen molar-refractivity contribution < 1.29 is 13.6 Å². The van der Waals surface area contributed by atoms with Gasteiger partial charge in [0, 0.05) is 29.4 Å². The van der Waals surface area contributed by atoms with Gasteiger partial charge in [-0.25, -0.2) is 8.78 Å². The van der Waals surface area contributed by atoms with Crippen LogP contribution < -0.4 is 0 Å². The normalized spacial score (nSPS) is 14.3. The van der Waals surface area contributed by atoms with Crippen molar-refractivity contribution in [2.24, 2.45) is 7.05 Å². The first kappa shape index (κ1) is 16.4. The van der Waals surface area contributed by atoms with Crippen LogP contribution in [-0.2, 0) is 13.6 Å². The monoisotopic (exact) mass is 431 g/mol. The van der Waals surface area contributed by atoms with Crippen molar-refractivity contribution >= 4 is 28.5 Å². The fourth-order valence-electron chi connectivity index (χ4n) is 2.55. The first-order chi connectivity index (χ1) is 11.0. The maximum Gasteiger partial charge on any atom is 0.282 e. The molecule has 122 valence electrons. The second kappa shape index (κ2) is 6.54. The Labute approximate surface area is 146 Å². The lowest BCUT2D eigenvalue weighted by molar-refractivity contribution is 0.0717. The van der Waals surface area contributed by atoms with Crippen molar-refractivity contribution in [2.45, 2.75) is 31.9 Å². The molecule has 0 aliphatic heterocycles. The van der Waals surface area contributed by atoms with Crippen LogP contribution in [-0.4, -0.2) is 26.6 Å². The molecule has 4 nitrogen and oxygen atoms in total. The van der Waals surface area contributed by atoms with Gasteiger partial charge in [-0.2, -0.15) is 5.10 Å². The molecular formula is C16H16F2IN3O. The number of aromatic nitrogens is 2. The average molecular weight is 431 g/mol. The van der Waals surface area contributed by atoms with Crippen LogP contribution in [0.15, 0.2) is 30.5 Å². The first-order valence-electron chi connectivity index (χ1n) is 7.33. The van der Waals surface area contributed by atoms with Gasteiger partial charge in [0.2, 0.25) is 0 Å². The molecule has 1 saturated carbocycles. The molecule has 3 rings (SSSR count). The van der Waals surface area contributed by atoms with E-state index in [1.807, 2.05) is 24.3 Å². The summed E-state index contributed by atoms with van der Waals surface area (Å²) in [6, 6.07) is 7.91. The number of benzene rings is 1. The Morgan fingerprint density at radius 1 is 1.43 bits per heavy atom. The summed E-state index contributed by atoms with van der Waals surface area (Å²) < 4.78 is 28.6. The zero-order valence-electron chi connectivity index (χ0n) is 12.5. The Morgan fingerprint density at radius 3 is 2.74 bits per heavy atom. The molecule has 1 aliphatic rings. The highest BCUT2D eigenvalue weighted by atomic mass is 127. The number of nitrogens with zero attached hydrogens (tertiary/aromatic N) is 3. The third-order valence-electron chi connectivity index (χ3n) is 3.84. The van der Waals surface area contributed by atoms with Crippen molar-refractivity contribution in [1.82, 2.24) is 14.7 Å². The van der Waals surface area contributed by atoms with E-state index in [1.54, 1.807) is 11.9 Å². The summed E-state index contributed by atoms with van der Waals surface area (Å²) in [5, 5.41) is 3.74. The van der Waals surface area contributed by atoms with E-state index in [1.165, 1.54) is 10.9 Å². The van der Waals surface area contributed by atoms with Crippen molar-refractivity contribution in [2.75, 3.05) is 0 Å². The quantitative estimate of drug-likeness (QED) is 0.677. The van der Waals surface area contributed by atoms with Gasteiger partial charge in [-0.05, 0) is 47.1 Å². The highest BCUT2D eigenvalue weighted by Gasteiger charge is 2.36. The van der Waals surface area contributed by atoms with Gasteiger partial charge < -0.3 is 4.90 Å². The standard InChI is InChI=1S/C16H16F2IN3O/c1-21-9-12(14(20-21)15(17)18)16(23)22(11-6-7-11)8-10-4-2-3-5-13(10)19/h2-5,9,11,15H,6-8H2,1H3. The summed E-state index contributed by atoms with van der Waals surface area (Å²) >= 11 is 2.22. The largest absolute Gasteiger partial charge is 0.331 e. The second-order valence-electron chi connectivity index (χ2n) is 5.66. The third kappa shape index (κ3) is 3.54. The summed E-state index contributed by atoms with van der Waals surface area (Å²) in [6.07, 6.45) is 0.460. The third-order valence-corrected chi connectivity index (χ3v) is 4.89. The maximum absolute atomic E-state index is 13.1. The first-order valence-corrected chi connectivity index (χ1v) is 8.41. The molecule has 2 aromatic rings. The molecular weight excluding hydrogens is 415 g/mol. The minimum atomic E-state index is -2.76. The SMILES string of the molecule is Cn1cc(C(=O)N(Cc2ccccc2I)C2CC2)c(C(F)F)n1. The summed E-state index contributed by atoms with van der Waals surface area (Å²) in [6.45, 7) is 0.431. The topological polar surface area (TPSA) is 38.1 Å². The van der Waals surface area contributed by atoms with Gasteiger partial charge in [0.1, 0.15) is 5.69 Å². The maximum atomic E-state index is 13.1. The predicted octanol–water partition coefficient (Wildman–Crippen LogP) is 3.77. The Bertz CT molecular complexity index is 728. The van der Waals surface area contributed by atoms with Crippen molar-refractivity contribution in [3.8, 4) is 0 Å². The predicted molar refractivity (Wildman–Crippen MR) is 90.2 cm³/mol. The molecule has 0 atom stereocenters. The molecule has 1 aromatic carbocycles. The van der Waals surface area contributed by atoms with E-state index in [4.69, 9.17) is 0 Å². The number of hydrogen-bond donors (Lipinski definition) is 0. The fraction of sp³-hybridized carbons (Fsp3) is 0.375. The molecule has 7 heteroatoms. The highest BCUT2D eigenvalue weighted by Crippen LogP contribution is 2.32. The van der Waals surface area contributed by atoms with Crippen molar-refractivity contribution in [3.63, 3.8) is 0 Å². The number of amides is 1. The molecule has 0 unspecified atom stereocenters. The van der Waals surface area contributed by atoms with E-state index >= 15 is 0 Å². The molecule has 1 aromatic heterocycles. The number of hydrogen-bond acceptors (Lipinski definition) is 2. The van der Waals surface area contributed by atoms with Gasteiger partial charge in [-0.1, -0.05) is 18.2 Å². The summed E-state index contributed by atoms with van der Waals surface area (Å²) in [7, 11) is 1.55. The second-order valence-corrected chi connectivity index (χ2v) is 6.82. The van der Waals surface area contributed by atoms with E-state index in [9.17, 15) is 13.6 Å². The number of aryl methyl sites for hydroxylation is 1. The average Bonchev–Trinajstić information content (AvgIpc) is 3.27. The lowest BCUT2D eigenvalue weighted by Gasteiger charge is -2.23. The summed E-state index contributed by atoms with van der Waals surface area (Å²) in [5.74, 6) is -0.365. The van der Waals surface area contributed by atoms with Gasteiger partial charge in [-0.15, -0.1) is 0 Å². The van der Waals surface area contributed by atoms with Crippen molar-refractivity contribution in [3.05, 3.63) is 50.9 Å². The molecule has 0 spiro atoms. The van der Waals surface area contributed by atoms with Crippen LogP contribution in [0.3, 0.4) is 0 Å². The molecule has 1 heterocycles. The molecule has 1 fully saturated rings. The number of rotatable bonds is 5. The smallest absolute Gasteiger partial charge is 0.282 e. The van der Waals surface area contributed by atoms with Crippen LogP contribution >= 0.6 is 22.6 Å². The molecule has 0 bridgehead atoms. The molecule has 0 radical (unpaired) electrons. The van der Waals surface area contributed by atoms with Gasteiger partial charge >= 0.3 is 0 Å². The zero-order valence-corrected chi connectivity index (χ0v) is 14.7. The number of alkyl halides is 2. The zero-order chi connectivity index (χ0) is 16.6. The Kier molecular flexibility index (Phi) is 4.65. The van der Waals surface area contributed by atoms with Crippen LogP contribution in [0.4, 0.5) is 8.78 Å². The van der Waals surface area contributed by atoms with Gasteiger partial charge in [0.25, 0.3) is 12.3 Å². The Balaban J connectivity index is 1.90. The van der Waals surface area contributed by atoms with E-state index in [-0.39, 0.29) is 17.5 Å². The minimum Gasteiger partial charge on any atom is -0.331 e. The summed E-state index contributed by atoms with van der Waals surface area (Å²) in [5.41, 5.74) is 0.585. The number of carbonyl (C=O) groups is 1. The molecule has 1 aliphatic carbocycles. The molecule has 1 amide bonds. The fourth-order valence-corrected chi connectivity index (χ4v) is 3.11. The van der Waals surface area contributed by atoms with E-state index < -0.39 is 12.1 Å². The van der Waals surface area contributed by atoms with Crippen LogP contribution in [0.25, 0.3) is 0 Å². The van der Waals surface area contributed by atoms with E-state index in [0.29, 0.717) is 6.54 Å². The summed E-state index contributed by atoms with van der Waals surface area (Å²) in [4.78, 5) is 14.5. The van der Waals surface area contributed by atoms with Crippen LogP contribution in [0.2, 0.25) is 0 Å².